The maximum atomic E-state index is 12.3. The Kier molecular flexibility index (Phi) is 8.90. The summed E-state index contributed by atoms with van der Waals surface area (Å²) in [5.41, 5.74) is 10.2. The van der Waals surface area contributed by atoms with Crippen LogP contribution >= 0.6 is 0 Å². The predicted octanol–water partition coefficient (Wildman–Crippen LogP) is 3.03. The van der Waals surface area contributed by atoms with Gasteiger partial charge in [0.25, 0.3) is 0 Å². The molecule has 1 fully saturated rings. The molecule has 0 saturated heterocycles. The number of aliphatic carboxylic acids is 2. The smallest absolute Gasteiger partial charge is 0.416 e. The number of hydrogen-bond donors (Lipinski definition) is 4. The van der Waals surface area contributed by atoms with Gasteiger partial charge in [0.1, 0.15) is 6.04 Å². The zero-order valence-corrected chi connectivity index (χ0v) is 15.5. The number of alkyl halides is 3. The van der Waals surface area contributed by atoms with Gasteiger partial charge in [-0.15, -0.1) is 0 Å². The summed E-state index contributed by atoms with van der Waals surface area (Å²) in [4.78, 5) is 21.0. The van der Waals surface area contributed by atoms with Gasteiger partial charge >= 0.3 is 18.1 Å². The van der Waals surface area contributed by atoms with Crippen molar-refractivity contribution in [1.29, 1.82) is 0 Å². The van der Waals surface area contributed by atoms with E-state index in [0.29, 0.717) is 6.54 Å². The Balaban J connectivity index is 0.000000292. The fraction of sp³-hybridized carbons (Fsp3) is 0.579. The molecule has 1 aliphatic carbocycles. The van der Waals surface area contributed by atoms with E-state index in [-0.39, 0.29) is 23.8 Å². The van der Waals surface area contributed by atoms with E-state index in [9.17, 15) is 22.8 Å². The Morgan fingerprint density at radius 1 is 1.14 bits per heavy atom. The number of benzene rings is 1. The van der Waals surface area contributed by atoms with Crippen molar-refractivity contribution >= 4 is 11.9 Å². The molecular formula is C19H27F3N2O4. The van der Waals surface area contributed by atoms with Crippen LogP contribution < -0.4 is 11.5 Å². The van der Waals surface area contributed by atoms with Crippen molar-refractivity contribution in [3.63, 3.8) is 0 Å². The molecule has 28 heavy (non-hydrogen) atoms. The molecule has 158 valence electrons. The van der Waals surface area contributed by atoms with Crippen LogP contribution in [-0.4, -0.2) is 34.7 Å². The van der Waals surface area contributed by atoms with E-state index < -0.39 is 29.7 Å². The summed E-state index contributed by atoms with van der Waals surface area (Å²) < 4.78 is 36.9. The molecule has 0 aromatic heterocycles. The molecule has 0 spiro atoms. The van der Waals surface area contributed by atoms with Gasteiger partial charge in [0, 0.05) is 0 Å². The first kappa shape index (κ1) is 23.9. The van der Waals surface area contributed by atoms with Gasteiger partial charge in [-0.2, -0.15) is 13.2 Å². The number of nitrogens with two attached hydrogens (primary N) is 2. The molecular weight excluding hydrogens is 377 g/mol. The van der Waals surface area contributed by atoms with Gasteiger partial charge in [-0.05, 0) is 42.9 Å². The summed E-state index contributed by atoms with van der Waals surface area (Å²) in [7, 11) is 0. The Bertz CT molecular complexity index is 659. The average molecular weight is 404 g/mol. The quantitative estimate of drug-likeness (QED) is 0.577. The molecule has 1 atom stereocenters. The summed E-state index contributed by atoms with van der Waals surface area (Å²) in [6.07, 6.45) is 1.22. The van der Waals surface area contributed by atoms with Crippen molar-refractivity contribution in [2.75, 3.05) is 6.54 Å². The standard InChI is InChI=1S/C10H10F3NO2.C9H17NO2/c11-10(12,13)7-3-1-2-6(4-7)5-8(14)9(15)16;10-7-9(6-8(11)12)4-2-1-3-5-9/h1-4,8H,5,14H2,(H,15,16);1-7,10H2,(H,11,12)/t8-;/m0./s1. The van der Waals surface area contributed by atoms with Crippen molar-refractivity contribution in [1.82, 2.24) is 0 Å². The third kappa shape index (κ3) is 7.85. The highest BCUT2D eigenvalue weighted by molar-refractivity contribution is 5.73. The van der Waals surface area contributed by atoms with Crippen LogP contribution in [0, 0.1) is 5.41 Å². The summed E-state index contributed by atoms with van der Waals surface area (Å²) >= 11 is 0. The summed E-state index contributed by atoms with van der Waals surface area (Å²) in [5, 5.41) is 17.2. The molecule has 9 heteroatoms. The van der Waals surface area contributed by atoms with Gasteiger partial charge in [0.05, 0.1) is 12.0 Å². The van der Waals surface area contributed by atoms with Crippen LogP contribution in [0.3, 0.4) is 0 Å². The number of rotatable bonds is 6. The normalized spacial score (nSPS) is 17.2. The highest BCUT2D eigenvalue weighted by Crippen LogP contribution is 2.38. The number of hydrogen-bond acceptors (Lipinski definition) is 4. The molecule has 0 unspecified atom stereocenters. The maximum absolute atomic E-state index is 12.3. The second-order valence-corrected chi connectivity index (χ2v) is 7.18. The summed E-state index contributed by atoms with van der Waals surface area (Å²) in [5.74, 6) is -1.94. The van der Waals surface area contributed by atoms with Gasteiger partial charge in [0.2, 0.25) is 0 Å². The minimum absolute atomic E-state index is 0.0793. The zero-order valence-electron chi connectivity index (χ0n) is 15.5. The van der Waals surface area contributed by atoms with E-state index in [1.54, 1.807) is 0 Å². The highest BCUT2D eigenvalue weighted by atomic mass is 19.4. The lowest BCUT2D eigenvalue weighted by Crippen LogP contribution is -2.34. The van der Waals surface area contributed by atoms with E-state index in [1.807, 2.05) is 0 Å². The second-order valence-electron chi connectivity index (χ2n) is 7.18. The van der Waals surface area contributed by atoms with Crippen molar-refractivity contribution in [2.45, 2.75) is 57.2 Å². The fourth-order valence-corrected chi connectivity index (χ4v) is 3.29. The Morgan fingerprint density at radius 2 is 1.75 bits per heavy atom. The number of halogens is 3. The molecule has 2 rings (SSSR count). The first-order chi connectivity index (χ1) is 13.0. The minimum Gasteiger partial charge on any atom is -0.481 e. The molecule has 0 aliphatic heterocycles. The molecule has 1 aromatic rings. The third-order valence-corrected chi connectivity index (χ3v) is 4.90. The lowest BCUT2D eigenvalue weighted by molar-refractivity contribution is -0.140. The van der Waals surface area contributed by atoms with Crippen molar-refractivity contribution < 1.29 is 33.0 Å². The van der Waals surface area contributed by atoms with Gasteiger partial charge in [-0.1, -0.05) is 37.5 Å². The van der Waals surface area contributed by atoms with E-state index >= 15 is 0 Å². The lowest BCUT2D eigenvalue weighted by atomic mass is 9.72. The summed E-state index contributed by atoms with van der Waals surface area (Å²) in [6, 6.07) is 3.28. The van der Waals surface area contributed by atoms with Crippen LogP contribution in [-0.2, 0) is 22.2 Å². The van der Waals surface area contributed by atoms with Gasteiger partial charge in [0.15, 0.2) is 0 Å². The van der Waals surface area contributed by atoms with Crippen molar-refractivity contribution in [2.24, 2.45) is 16.9 Å². The van der Waals surface area contributed by atoms with E-state index in [2.05, 4.69) is 0 Å². The monoisotopic (exact) mass is 404 g/mol. The molecule has 1 aromatic carbocycles. The topological polar surface area (TPSA) is 127 Å². The number of carboxylic acids is 2. The zero-order chi connectivity index (χ0) is 21.4. The molecule has 1 aliphatic rings. The van der Waals surface area contributed by atoms with Crippen LogP contribution in [0.1, 0.15) is 49.7 Å². The predicted molar refractivity (Wildman–Crippen MR) is 97.6 cm³/mol. The van der Waals surface area contributed by atoms with Crippen molar-refractivity contribution in [3.05, 3.63) is 35.4 Å². The highest BCUT2D eigenvalue weighted by Gasteiger charge is 2.33. The number of carbonyl (C=O) groups is 2. The summed E-state index contributed by atoms with van der Waals surface area (Å²) in [6.45, 7) is 0.527. The van der Waals surface area contributed by atoms with Crippen LogP contribution in [0.5, 0.6) is 0 Å². The van der Waals surface area contributed by atoms with Crippen LogP contribution in [0.4, 0.5) is 13.2 Å². The van der Waals surface area contributed by atoms with Crippen LogP contribution in [0.2, 0.25) is 0 Å². The molecule has 0 amide bonds. The fourth-order valence-electron chi connectivity index (χ4n) is 3.29. The first-order valence-corrected chi connectivity index (χ1v) is 9.05. The molecule has 0 heterocycles. The molecule has 6 nitrogen and oxygen atoms in total. The van der Waals surface area contributed by atoms with E-state index in [1.165, 1.54) is 18.6 Å². The van der Waals surface area contributed by atoms with E-state index in [4.69, 9.17) is 21.7 Å². The first-order valence-electron chi connectivity index (χ1n) is 9.05. The molecule has 6 N–H and O–H groups in total. The SMILES string of the molecule is NCC1(CC(=O)O)CCCCC1.N[C@@H](Cc1cccc(C(F)(F)F)c1)C(=O)O. The lowest BCUT2D eigenvalue weighted by Gasteiger charge is -2.34. The Hall–Kier alpha value is -2.13. The second kappa shape index (κ2) is 10.4. The third-order valence-electron chi connectivity index (χ3n) is 4.90. The van der Waals surface area contributed by atoms with Gasteiger partial charge in [-0.25, -0.2) is 0 Å². The van der Waals surface area contributed by atoms with Crippen LogP contribution in [0.15, 0.2) is 24.3 Å². The largest absolute Gasteiger partial charge is 0.481 e. The maximum Gasteiger partial charge on any atom is 0.416 e. The number of carboxylic acid groups (broad SMARTS) is 2. The minimum atomic E-state index is -4.43. The molecule has 0 bridgehead atoms. The Labute approximate surface area is 161 Å². The molecule has 1 saturated carbocycles. The Morgan fingerprint density at radius 3 is 2.21 bits per heavy atom. The van der Waals surface area contributed by atoms with Gasteiger partial charge < -0.3 is 21.7 Å². The van der Waals surface area contributed by atoms with Crippen LogP contribution in [0.25, 0.3) is 0 Å². The van der Waals surface area contributed by atoms with Gasteiger partial charge in [-0.3, -0.25) is 9.59 Å². The van der Waals surface area contributed by atoms with E-state index in [0.717, 1.165) is 37.8 Å². The molecule has 0 radical (unpaired) electrons. The van der Waals surface area contributed by atoms with Crippen molar-refractivity contribution in [3.8, 4) is 0 Å². The average Bonchev–Trinajstić information content (AvgIpc) is 2.62.